The molecule has 0 saturated carbocycles. The third-order valence-electron chi connectivity index (χ3n) is 5.36. The van der Waals surface area contributed by atoms with Crippen LogP contribution in [0.5, 0.6) is 5.75 Å². The molecule has 3 amide bonds. The molecule has 5 unspecified atom stereocenters. The van der Waals surface area contributed by atoms with Gasteiger partial charge < -0.3 is 37.0 Å². The van der Waals surface area contributed by atoms with Gasteiger partial charge in [-0.1, -0.05) is 26.0 Å². The first-order valence-corrected chi connectivity index (χ1v) is 13.1. The third kappa shape index (κ3) is 10.8. The Hall–Kier alpha value is -2.83. The summed E-state index contributed by atoms with van der Waals surface area (Å²) in [4.78, 5) is 50.1. The number of aromatic hydroxyl groups is 1. The molecule has 1 aromatic rings. The lowest BCUT2D eigenvalue weighted by molar-refractivity contribution is -0.143. The lowest BCUT2D eigenvalue weighted by Crippen LogP contribution is -2.60. The summed E-state index contributed by atoms with van der Waals surface area (Å²) in [5, 5.41) is 36.5. The summed E-state index contributed by atoms with van der Waals surface area (Å²) in [5.74, 6) is -2.66. The fourth-order valence-corrected chi connectivity index (χ4v) is 3.86. The first kappa shape index (κ1) is 31.2. The molecule has 8 N–H and O–H groups in total. The number of nitrogens with one attached hydrogen (secondary N) is 3. The molecule has 0 aliphatic rings. The quantitative estimate of drug-likeness (QED) is 0.165. The highest BCUT2D eigenvalue weighted by molar-refractivity contribution is 7.98. The Kier molecular flexibility index (Phi) is 13.3. The molecule has 0 saturated heterocycles. The molecule has 36 heavy (non-hydrogen) atoms. The number of carbonyl (C=O) groups is 4. The van der Waals surface area contributed by atoms with Crippen LogP contribution in [0.1, 0.15) is 39.2 Å². The van der Waals surface area contributed by atoms with Crippen LogP contribution in [-0.2, 0) is 25.6 Å². The molecular weight excluding hydrogens is 488 g/mol. The van der Waals surface area contributed by atoms with Crippen LogP contribution in [0.25, 0.3) is 0 Å². The number of aliphatic carboxylic acids is 1. The highest BCUT2D eigenvalue weighted by Gasteiger charge is 2.32. The van der Waals surface area contributed by atoms with Gasteiger partial charge in [0, 0.05) is 6.42 Å². The van der Waals surface area contributed by atoms with Crippen molar-refractivity contribution in [2.45, 2.75) is 70.3 Å². The van der Waals surface area contributed by atoms with Gasteiger partial charge in [0.25, 0.3) is 0 Å². The molecule has 0 heterocycles. The van der Waals surface area contributed by atoms with Crippen LogP contribution in [0.3, 0.4) is 0 Å². The number of carboxylic acid groups (broad SMARTS) is 1. The van der Waals surface area contributed by atoms with Crippen molar-refractivity contribution in [2.24, 2.45) is 11.7 Å². The Morgan fingerprint density at radius 1 is 0.944 bits per heavy atom. The maximum absolute atomic E-state index is 13.0. The summed E-state index contributed by atoms with van der Waals surface area (Å²) in [6, 6.07) is 1.23. The molecule has 1 rings (SSSR count). The summed E-state index contributed by atoms with van der Waals surface area (Å²) in [6.07, 6.45) is 1.10. The van der Waals surface area contributed by atoms with Gasteiger partial charge >= 0.3 is 5.97 Å². The van der Waals surface area contributed by atoms with E-state index in [1.165, 1.54) is 43.0 Å². The van der Waals surface area contributed by atoms with Crippen molar-refractivity contribution in [3.05, 3.63) is 29.8 Å². The molecule has 0 aromatic heterocycles. The predicted octanol–water partition coefficient (Wildman–Crippen LogP) is -0.0190. The van der Waals surface area contributed by atoms with E-state index in [-0.39, 0.29) is 24.5 Å². The van der Waals surface area contributed by atoms with Crippen molar-refractivity contribution in [1.82, 2.24) is 16.0 Å². The number of thioether (sulfide) groups is 1. The second-order valence-corrected chi connectivity index (χ2v) is 10.1. The van der Waals surface area contributed by atoms with Crippen LogP contribution in [0.2, 0.25) is 0 Å². The fraction of sp³-hybridized carbons (Fsp3) is 0.583. The molecule has 0 bridgehead atoms. The molecule has 0 radical (unpaired) electrons. The van der Waals surface area contributed by atoms with Crippen molar-refractivity contribution in [3.8, 4) is 5.75 Å². The summed E-state index contributed by atoms with van der Waals surface area (Å²) < 4.78 is 0. The maximum atomic E-state index is 13.0. The molecule has 0 aliphatic heterocycles. The number of hydrogen-bond donors (Lipinski definition) is 7. The first-order valence-electron chi connectivity index (χ1n) is 11.7. The van der Waals surface area contributed by atoms with Gasteiger partial charge in [0.1, 0.15) is 23.9 Å². The minimum absolute atomic E-state index is 0.0137. The average molecular weight is 527 g/mol. The van der Waals surface area contributed by atoms with Crippen molar-refractivity contribution in [3.63, 3.8) is 0 Å². The van der Waals surface area contributed by atoms with Gasteiger partial charge in [-0.3, -0.25) is 14.4 Å². The van der Waals surface area contributed by atoms with E-state index < -0.39 is 54.0 Å². The van der Waals surface area contributed by atoms with E-state index in [0.717, 1.165) is 0 Å². The Morgan fingerprint density at radius 2 is 1.53 bits per heavy atom. The number of aliphatic hydroxyl groups is 1. The monoisotopic (exact) mass is 526 g/mol. The van der Waals surface area contributed by atoms with E-state index in [9.17, 15) is 34.5 Å². The Labute approximate surface area is 215 Å². The summed E-state index contributed by atoms with van der Waals surface area (Å²) in [5.41, 5.74) is 6.48. The molecule has 11 nitrogen and oxygen atoms in total. The van der Waals surface area contributed by atoms with E-state index in [1.807, 2.05) is 20.1 Å². The number of hydrogen-bond acceptors (Lipinski definition) is 8. The van der Waals surface area contributed by atoms with E-state index in [2.05, 4.69) is 16.0 Å². The number of aliphatic hydroxyl groups excluding tert-OH is 1. The minimum Gasteiger partial charge on any atom is -0.508 e. The third-order valence-corrected chi connectivity index (χ3v) is 6.00. The van der Waals surface area contributed by atoms with E-state index in [4.69, 9.17) is 5.73 Å². The molecular formula is C24H38N4O7S. The van der Waals surface area contributed by atoms with Gasteiger partial charge in [-0.15, -0.1) is 0 Å². The maximum Gasteiger partial charge on any atom is 0.326 e. The van der Waals surface area contributed by atoms with E-state index in [1.54, 1.807) is 0 Å². The molecule has 0 aliphatic carbocycles. The zero-order chi connectivity index (χ0) is 27.4. The van der Waals surface area contributed by atoms with Crippen molar-refractivity contribution >= 4 is 35.5 Å². The average Bonchev–Trinajstić information content (AvgIpc) is 2.79. The summed E-state index contributed by atoms with van der Waals surface area (Å²) in [7, 11) is 0. The Bertz CT molecular complexity index is 880. The number of phenolic OH excluding ortho intramolecular Hbond substituents is 1. The Morgan fingerprint density at radius 3 is 2.03 bits per heavy atom. The van der Waals surface area contributed by atoms with Crippen molar-refractivity contribution in [2.75, 3.05) is 12.0 Å². The van der Waals surface area contributed by atoms with Crippen LogP contribution < -0.4 is 21.7 Å². The lowest BCUT2D eigenvalue weighted by Gasteiger charge is -2.26. The Balaban J connectivity index is 2.94. The van der Waals surface area contributed by atoms with E-state index in [0.29, 0.717) is 17.7 Å². The molecule has 1 aromatic carbocycles. The standard InChI is InChI=1S/C24H38N4O7S/c1-13(2)11-17(25)21(31)26-18(9-10-36-4)22(32)28-20(14(3)29)23(33)27-19(24(34)35)12-15-5-7-16(30)8-6-15/h5-8,13-14,17-20,29-30H,9-12,25H2,1-4H3,(H,26,31)(H,27,33)(H,28,32)(H,34,35). The number of nitrogens with two attached hydrogens (primary N) is 1. The number of phenols is 1. The number of carboxylic acids is 1. The summed E-state index contributed by atoms with van der Waals surface area (Å²) in [6.45, 7) is 5.13. The lowest BCUT2D eigenvalue weighted by atomic mass is 10.0. The fourth-order valence-electron chi connectivity index (χ4n) is 3.39. The molecule has 0 fully saturated rings. The second-order valence-electron chi connectivity index (χ2n) is 9.08. The van der Waals surface area contributed by atoms with Crippen LogP contribution in [0.15, 0.2) is 24.3 Å². The van der Waals surface area contributed by atoms with Gasteiger partial charge in [-0.05, 0) is 55.4 Å². The molecule has 202 valence electrons. The normalized spacial score (nSPS) is 15.3. The number of rotatable bonds is 15. The van der Waals surface area contributed by atoms with Crippen LogP contribution in [0.4, 0.5) is 0 Å². The van der Waals surface area contributed by atoms with Crippen LogP contribution in [0, 0.1) is 5.92 Å². The smallest absolute Gasteiger partial charge is 0.326 e. The van der Waals surface area contributed by atoms with Crippen LogP contribution in [-0.4, -0.2) is 81.3 Å². The van der Waals surface area contributed by atoms with Crippen molar-refractivity contribution in [1.29, 1.82) is 0 Å². The van der Waals surface area contributed by atoms with E-state index >= 15 is 0 Å². The first-order chi connectivity index (χ1) is 16.8. The minimum atomic E-state index is -1.46. The van der Waals surface area contributed by atoms with Gasteiger partial charge in [0.05, 0.1) is 12.1 Å². The predicted molar refractivity (Wildman–Crippen MR) is 137 cm³/mol. The van der Waals surface area contributed by atoms with Gasteiger partial charge in [0.2, 0.25) is 17.7 Å². The highest BCUT2D eigenvalue weighted by Crippen LogP contribution is 2.12. The number of amides is 3. The topological polar surface area (TPSA) is 191 Å². The van der Waals surface area contributed by atoms with Gasteiger partial charge in [-0.2, -0.15) is 11.8 Å². The van der Waals surface area contributed by atoms with Crippen molar-refractivity contribution < 1.29 is 34.5 Å². The molecule has 0 spiro atoms. The zero-order valence-electron chi connectivity index (χ0n) is 21.1. The summed E-state index contributed by atoms with van der Waals surface area (Å²) >= 11 is 1.47. The largest absolute Gasteiger partial charge is 0.508 e. The zero-order valence-corrected chi connectivity index (χ0v) is 21.9. The second kappa shape index (κ2) is 15.3. The van der Waals surface area contributed by atoms with Gasteiger partial charge in [0.15, 0.2) is 0 Å². The highest BCUT2D eigenvalue weighted by atomic mass is 32.2. The number of benzene rings is 1. The molecule has 5 atom stereocenters. The van der Waals surface area contributed by atoms with Gasteiger partial charge in [-0.25, -0.2) is 4.79 Å². The SMILES string of the molecule is CSCCC(NC(=O)C(N)CC(C)C)C(=O)NC(C(=O)NC(Cc1ccc(O)cc1)C(=O)O)C(C)O. The number of carbonyl (C=O) groups excluding carboxylic acids is 3. The molecule has 12 heteroatoms. The van der Waals surface area contributed by atoms with Crippen LogP contribution >= 0.6 is 11.8 Å².